The van der Waals surface area contributed by atoms with Gasteiger partial charge in [0, 0.05) is 12.8 Å². The van der Waals surface area contributed by atoms with Crippen LogP contribution in [0.25, 0.3) is 0 Å². The molecule has 0 aliphatic carbocycles. The molecule has 0 saturated carbocycles. The Kier molecular flexibility index (Phi) is 4.50. The summed E-state index contributed by atoms with van der Waals surface area (Å²) in [5.41, 5.74) is 0.585. The zero-order chi connectivity index (χ0) is 22.6. The summed E-state index contributed by atoms with van der Waals surface area (Å²) >= 11 is 0. The third kappa shape index (κ3) is 3.03. The Balaban J connectivity index is 1.32. The summed E-state index contributed by atoms with van der Waals surface area (Å²) in [5, 5.41) is 0. The van der Waals surface area contributed by atoms with Crippen molar-refractivity contribution in [1.82, 2.24) is 4.90 Å². The van der Waals surface area contributed by atoms with Crippen LogP contribution in [0.15, 0.2) is 42.5 Å². The zero-order valence-electron chi connectivity index (χ0n) is 16.6. The number of imide groups is 2. The van der Waals surface area contributed by atoms with E-state index < -0.39 is 41.6 Å². The van der Waals surface area contributed by atoms with E-state index in [9.17, 15) is 28.4 Å². The van der Waals surface area contributed by atoms with Gasteiger partial charge >= 0.3 is 6.09 Å². The number of carbonyl (C=O) groups is 5. The number of fused-ring (bicyclic) bond motifs is 1. The molecule has 2 saturated heterocycles. The molecule has 162 valence electrons. The van der Waals surface area contributed by atoms with Gasteiger partial charge in [0.05, 0.1) is 35.6 Å². The molecule has 1 atom stereocenters. The van der Waals surface area contributed by atoms with E-state index in [1.165, 1.54) is 17.0 Å². The summed E-state index contributed by atoms with van der Waals surface area (Å²) in [6.45, 7) is -0.140. The van der Waals surface area contributed by atoms with Crippen molar-refractivity contribution in [3.05, 3.63) is 59.4 Å². The van der Waals surface area contributed by atoms with Gasteiger partial charge in [-0.3, -0.25) is 29.0 Å². The quantitative estimate of drug-likeness (QED) is 0.679. The fourth-order valence-electron chi connectivity index (χ4n) is 4.13. The van der Waals surface area contributed by atoms with Gasteiger partial charge in [0.15, 0.2) is 0 Å². The molecule has 10 heteroatoms. The van der Waals surface area contributed by atoms with Gasteiger partial charge < -0.3 is 4.74 Å². The molecule has 32 heavy (non-hydrogen) atoms. The van der Waals surface area contributed by atoms with Crippen molar-refractivity contribution < 1.29 is 33.1 Å². The number of benzene rings is 2. The highest BCUT2D eigenvalue weighted by atomic mass is 19.1. The highest BCUT2D eigenvalue weighted by molar-refractivity contribution is 6.21. The van der Waals surface area contributed by atoms with E-state index in [2.05, 4.69) is 0 Å². The van der Waals surface area contributed by atoms with Gasteiger partial charge in [-0.05, 0) is 30.3 Å². The largest absolute Gasteiger partial charge is 0.442 e. The summed E-state index contributed by atoms with van der Waals surface area (Å²) in [4.78, 5) is 64.2. The van der Waals surface area contributed by atoms with Crippen molar-refractivity contribution in [2.45, 2.75) is 18.9 Å². The third-order valence-corrected chi connectivity index (χ3v) is 5.67. The van der Waals surface area contributed by atoms with Crippen LogP contribution in [0.4, 0.5) is 20.6 Å². The van der Waals surface area contributed by atoms with Crippen LogP contribution < -0.4 is 9.80 Å². The standard InChI is InChI=1S/C22H16FN3O6/c23-16-9-12(5-6-17(16)26-18(27)7-8-19(26)28)24-10-13(32-22(24)31)11-25-20(29)14-3-1-2-4-15(14)21(25)30/h1-6,9,13H,7-8,10-11H2/t13-/m1/s1. The Hall–Kier alpha value is -4.08. The number of ether oxygens (including phenoxy) is 1. The molecule has 2 fully saturated rings. The minimum atomic E-state index is -0.831. The number of hydrogen-bond acceptors (Lipinski definition) is 6. The maximum Gasteiger partial charge on any atom is 0.414 e. The SMILES string of the molecule is O=C1c2ccccc2C(=O)N1C[C@H]1CN(c2ccc(N3C(=O)CCC3=O)c(F)c2)C(=O)O1. The van der Waals surface area contributed by atoms with Gasteiger partial charge in [0.2, 0.25) is 11.8 Å². The van der Waals surface area contributed by atoms with Crippen molar-refractivity contribution in [2.75, 3.05) is 22.9 Å². The smallest absolute Gasteiger partial charge is 0.414 e. The molecule has 5 rings (SSSR count). The van der Waals surface area contributed by atoms with E-state index in [0.29, 0.717) is 11.1 Å². The second-order valence-electron chi connectivity index (χ2n) is 7.64. The zero-order valence-corrected chi connectivity index (χ0v) is 16.6. The normalized spacial score (nSPS) is 20.5. The molecule has 0 spiro atoms. The summed E-state index contributed by atoms with van der Waals surface area (Å²) < 4.78 is 20.0. The molecule has 0 bridgehead atoms. The molecule has 3 aliphatic rings. The van der Waals surface area contributed by atoms with Crippen molar-refractivity contribution in [3.63, 3.8) is 0 Å². The fraction of sp³-hybridized carbons (Fsp3) is 0.227. The van der Waals surface area contributed by atoms with Gasteiger partial charge in [0.25, 0.3) is 11.8 Å². The number of carbonyl (C=O) groups excluding carboxylic acids is 5. The second-order valence-corrected chi connectivity index (χ2v) is 7.64. The number of amides is 5. The number of cyclic esters (lactones) is 1. The summed E-state index contributed by atoms with van der Waals surface area (Å²) in [5.74, 6) is -2.72. The Morgan fingerprint density at radius 3 is 2.12 bits per heavy atom. The minimum Gasteiger partial charge on any atom is -0.442 e. The van der Waals surface area contributed by atoms with E-state index in [1.807, 2.05) is 0 Å². The maximum atomic E-state index is 14.7. The molecule has 3 heterocycles. The van der Waals surface area contributed by atoms with Crippen LogP contribution in [-0.4, -0.2) is 53.8 Å². The van der Waals surface area contributed by atoms with Crippen LogP contribution in [0, 0.1) is 5.82 Å². The predicted octanol–water partition coefficient (Wildman–Crippen LogP) is 2.10. The number of nitrogens with zero attached hydrogens (tertiary/aromatic N) is 3. The van der Waals surface area contributed by atoms with E-state index in [0.717, 1.165) is 15.9 Å². The first-order valence-electron chi connectivity index (χ1n) is 9.94. The molecule has 0 N–H and O–H groups in total. The Bertz CT molecular complexity index is 1160. The molecule has 2 aromatic rings. The van der Waals surface area contributed by atoms with Crippen LogP contribution in [0.2, 0.25) is 0 Å². The topological polar surface area (TPSA) is 104 Å². The number of halogens is 1. The van der Waals surface area contributed by atoms with Crippen molar-refractivity contribution >= 4 is 41.1 Å². The number of hydrogen-bond donors (Lipinski definition) is 0. The van der Waals surface area contributed by atoms with Crippen LogP contribution in [0.1, 0.15) is 33.6 Å². The average molecular weight is 437 g/mol. The number of rotatable bonds is 4. The summed E-state index contributed by atoms with van der Waals surface area (Å²) in [6.07, 6.45) is -1.50. The first-order valence-corrected chi connectivity index (χ1v) is 9.94. The van der Waals surface area contributed by atoms with Crippen LogP contribution in [0.5, 0.6) is 0 Å². The summed E-state index contributed by atoms with van der Waals surface area (Å²) in [6, 6.07) is 10.1. The first-order chi connectivity index (χ1) is 15.3. The predicted molar refractivity (Wildman–Crippen MR) is 108 cm³/mol. The maximum absolute atomic E-state index is 14.7. The highest BCUT2D eigenvalue weighted by Gasteiger charge is 2.41. The molecule has 0 radical (unpaired) electrons. The highest BCUT2D eigenvalue weighted by Crippen LogP contribution is 2.31. The monoisotopic (exact) mass is 437 g/mol. The molecule has 0 unspecified atom stereocenters. The van der Waals surface area contributed by atoms with Crippen molar-refractivity contribution in [3.8, 4) is 0 Å². The Morgan fingerprint density at radius 1 is 0.906 bits per heavy atom. The van der Waals surface area contributed by atoms with Gasteiger partial charge in [-0.25, -0.2) is 14.1 Å². The van der Waals surface area contributed by atoms with Gasteiger partial charge in [0.1, 0.15) is 11.9 Å². The lowest BCUT2D eigenvalue weighted by Crippen LogP contribution is -2.38. The molecular formula is C22H16FN3O6. The molecular weight excluding hydrogens is 421 g/mol. The lowest BCUT2D eigenvalue weighted by atomic mass is 10.1. The Morgan fingerprint density at radius 2 is 1.53 bits per heavy atom. The second kappa shape index (κ2) is 7.26. The average Bonchev–Trinajstić information content (AvgIpc) is 3.39. The molecule has 3 aliphatic heterocycles. The molecule has 2 aromatic carbocycles. The van der Waals surface area contributed by atoms with Crippen molar-refractivity contribution in [2.24, 2.45) is 0 Å². The number of anilines is 2. The third-order valence-electron chi connectivity index (χ3n) is 5.67. The first kappa shape index (κ1) is 19.9. The lowest BCUT2D eigenvalue weighted by Gasteiger charge is -2.19. The van der Waals surface area contributed by atoms with Gasteiger partial charge in [-0.1, -0.05) is 12.1 Å². The van der Waals surface area contributed by atoms with Gasteiger partial charge in [-0.2, -0.15) is 0 Å². The molecule has 0 aromatic heterocycles. The fourth-order valence-corrected chi connectivity index (χ4v) is 4.13. The van der Waals surface area contributed by atoms with Crippen LogP contribution in [-0.2, 0) is 14.3 Å². The van der Waals surface area contributed by atoms with E-state index in [1.54, 1.807) is 24.3 Å². The van der Waals surface area contributed by atoms with Crippen molar-refractivity contribution in [1.29, 1.82) is 0 Å². The minimum absolute atomic E-state index is 0.00734. The van der Waals surface area contributed by atoms with Gasteiger partial charge in [-0.15, -0.1) is 0 Å². The van der Waals surface area contributed by atoms with E-state index >= 15 is 0 Å². The van der Waals surface area contributed by atoms with Crippen LogP contribution >= 0.6 is 0 Å². The van der Waals surface area contributed by atoms with Crippen LogP contribution in [0.3, 0.4) is 0 Å². The summed E-state index contributed by atoms with van der Waals surface area (Å²) in [7, 11) is 0. The van der Waals surface area contributed by atoms with E-state index in [4.69, 9.17) is 4.74 Å². The lowest BCUT2D eigenvalue weighted by molar-refractivity contribution is -0.121. The molecule has 9 nitrogen and oxygen atoms in total. The Labute approximate surface area is 180 Å². The van der Waals surface area contributed by atoms with E-state index in [-0.39, 0.29) is 37.3 Å². The molecule has 5 amide bonds.